The number of phenolic OH excluding ortho intramolecular Hbond substituents is 1. The van der Waals surface area contributed by atoms with Gasteiger partial charge in [0.1, 0.15) is 5.75 Å². The molecule has 27 heavy (non-hydrogen) atoms. The average Bonchev–Trinajstić information content (AvgIpc) is 2.99. The second kappa shape index (κ2) is 8.49. The Labute approximate surface area is 169 Å². The van der Waals surface area contributed by atoms with Gasteiger partial charge in [0, 0.05) is 0 Å². The summed E-state index contributed by atoms with van der Waals surface area (Å²) in [4.78, 5) is 17.2. The third-order valence-electron chi connectivity index (χ3n) is 3.60. The van der Waals surface area contributed by atoms with Gasteiger partial charge in [0.05, 0.1) is 28.8 Å². The first-order valence-electron chi connectivity index (χ1n) is 8.09. The second-order valence-corrected chi connectivity index (χ2v) is 7.35. The van der Waals surface area contributed by atoms with Crippen molar-refractivity contribution < 1.29 is 19.4 Å². The number of halogens is 1. The van der Waals surface area contributed by atoms with Gasteiger partial charge in [0.15, 0.2) is 16.7 Å². The van der Waals surface area contributed by atoms with E-state index in [0.717, 1.165) is 17.0 Å². The lowest BCUT2D eigenvalue weighted by atomic mass is 10.2. The molecule has 3 rings (SSSR count). The Balaban J connectivity index is 1.81. The first-order valence-corrected chi connectivity index (χ1v) is 9.70. The second-order valence-electron chi connectivity index (χ2n) is 5.46. The largest absolute Gasteiger partial charge is 0.503 e. The standard InChI is InChI=1S/C19H17BrN2O4S/c1-3-26-13-6-4-12(5-7-13)21-19-22-18(24)16(27-19)10-11-8-14(20)17(23)15(9-11)25-2/h4-10,23H,3H2,1-2H3,(H,21,22,24)/b16-10-. The van der Waals surface area contributed by atoms with E-state index in [9.17, 15) is 9.90 Å². The highest BCUT2D eigenvalue weighted by Crippen LogP contribution is 2.37. The summed E-state index contributed by atoms with van der Waals surface area (Å²) in [5.41, 5.74) is 1.44. The van der Waals surface area contributed by atoms with E-state index in [4.69, 9.17) is 9.47 Å². The van der Waals surface area contributed by atoms with E-state index in [1.54, 1.807) is 18.2 Å². The van der Waals surface area contributed by atoms with Crippen LogP contribution in [-0.4, -0.2) is 29.9 Å². The number of hydrogen-bond acceptors (Lipinski definition) is 6. The van der Waals surface area contributed by atoms with Crippen LogP contribution >= 0.6 is 27.7 Å². The summed E-state index contributed by atoms with van der Waals surface area (Å²) in [7, 11) is 1.47. The number of carbonyl (C=O) groups is 1. The Morgan fingerprint density at radius 1 is 1.30 bits per heavy atom. The zero-order valence-corrected chi connectivity index (χ0v) is 17.1. The molecule has 2 aromatic rings. The molecular formula is C19H17BrN2O4S. The van der Waals surface area contributed by atoms with Crippen molar-refractivity contribution in [3.63, 3.8) is 0 Å². The maximum absolute atomic E-state index is 12.2. The number of ether oxygens (including phenoxy) is 2. The molecule has 0 atom stereocenters. The van der Waals surface area contributed by atoms with Crippen molar-refractivity contribution in [1.82, 2.24) is 5.32 Å². The van der Waals surface area contributed by atoms with Gasteiger partial charge in [0.25, 0.3) is 5.91 Å². The number of benzene rings is 2. The minimum atomic E-state index is -0.229. The Kier molecular flexibility index (Phi) is 6.08. The fraction of sp³-hybridized carbons (Fsp3) is 0.158. The van der Waals surface area contributed by atoms with Crippen molar-refractivity contribution >= 4 is 50.5 Å². The van der Waals surface area contributed by atoms with Gasteiger partial charge in [-0.2, -0.15) is 0 Å². The van der Waals surface area contributed by atoms with Crippen LogP contribution in [0.15, 0.2) is 50.8 Å². The van der Waals surface area contributed by atoms with E-state index < -0.39 is 0 Å². The van der Waals surface area contributed by atoms with Gasteiger partial charge in [0.2, 0.25) is 0 Å². The molecule has 1 saturated heterocycles. The average molecular weight is 449 g/mol. The molecule has 1 aliphatic rings. The highest BCUT2D eigenvalue weighted by molar-refractivity contribution is 9.10. The molecule has 0 unspecified atom stereocenters. The van der Waals surface area contributed by atoms with E-state index >= 15 is 0 Å². The number of hydrogen-bond donors (Lipinski definition) is 2. The van der Waals surface area contributed by atoms with Gasteiger partial charge in [-0.1, -0.05) is 0 Å². The van der Waals surface area contributed by atoms with Crippen molar-refractivity contribution in [2.24, 2.45) is 4.99 Å². The molecule has 0 aromatic heterocycles. The first kappa shape index (κ1) is 19.3. The Bertz CT molecular complexity index is 926. The molecule has 1 amide bonds. The number of aromatic hydroxyl groups is 1. The summed E-state index contributed by atoms with van der Waals surface area (Å²) < 4.78 is 11.0. The van der Waals surface area contributed by atoms with Crippen LogP contribution in [0, 0.1) is 0 Å². The van der Waals surface area contributed by atoms with Crippen LogP contribution in [0.4, 0.5) is 5.69 Å². The summed E-state index contributed by atoms with van der Waals surface area (Å²) in [6, 6.07) is 10.7. The molecule has 2 aromatic carbocycles. The quantitative estimate of drug-likeness (QED) is 0.660. The normalized spacial score (nSPS) is 16.6. The van der Waals surface area contributed by atoms with E-state index in [1.807, 2.05) is 31.2 Å². The molecule has 140 valence electrons. The number of nitrogens with one attached hydrogen (secondary N) is 1. The number of phenols is 1. The molecule has 1 heterocycles. The number of rotatable bonds is 5. The minimum absolute atomic E-state index is 0.0147. The number of methoxy groups -OCH3 is 1. The highest BCUT2D eigenvalue weighted by atomic mass is 79.9. The van der Waals surface area contributed by atoms with Crippen LogP contribution in [0.3, 0.4) is 0 Å². The van der Waals surface area contributed by atoms with Gasteiger partial charge in [-0.15, -0.1) is 0 Å². The van der Waals surface area contributed by atoms with Gasteiger partial charge in [-0.05, 0) is 82.7 Å². The lowest BCUT2D eigenvalue weighted by Crippen LogP contribution is -2.19. The Hall–Kier alpha value is -2.45. The number of thioether (sulfide) groups is 1. The molecule has 8 heteroatoms. The number of aliphatic imine (C=N–C) groups is 1. The van der Waals surface area contributed by atoms with Gasteiger partial charge in [-0.25, -0.2) is 4.99 Å². The van der Waals surface area contributed by atoms with Crippen LogP contribution in [-0.2, 0) is 4.79 Å². The summed E-state index contributed by atoms with van der Waals surface area (Å²) in [5.74, 6) is 0.883. The number of amides is 1. The molecule has 0 radical (unpaired) electrons. The summed E-state index contributed by atoms with van der Waals surface area (Å²) >= 11 is 4.52. The number of carbonyl (C=O) groups excluding carboxylic acids is 1. The molecule has 0 bridgehead atoms. The lowest BCUT2D eigenvalue weighted by Gasteiger charge is -2.06. The van der Waals surface area contributed by atoms with Gasteiger partial charge in [-0.3, -0.25) is 4.79 Å². The van der Waals surface area contributed by atoms with Gasteiger partial charge >= 0.3 is 0 Å². The molecule has 1 aliphatic heterocycles. The number of nitrogens with zero attached hydrogens (tertiary/aromatic N) is 1. The van der Waals surface area contributed by atoms with Crippen LogP contribution in [0.1, 0.15) is 12.5 Å². The lowest BCUT2D eigenvalue weighted by molar-refractivity contribution is -0.115. The first-order chi connectivity index (χ1) is 13.0. The van der Waals surface area contributed by atoms with E-state index in [1.165, 1.54) is 18.9 Å². The van der Waals surface area contributed by atoms with Crippen molar-refractivity contribution in [2.75, 3.05) is 13.7 Å². The predicted molar refractivity (Wildman–Crippen MR) is 111 cm³/mol. The minimum Gasteiger partial charge on any atom is -0.503 e. The van der Waals surface area contributed by atoms with E-state index in [2.05, 4.69) is 26.2 Å². The maximum Gasteiger partial charge on any atom is 0.264 e. The predicted octanol–water partition coefficient (Wildman–Crippen LogP) is 4.45. The Morgan fingerprint density at radius 3 is 2.70 bits per heavy atom. The Morgan fingerprint density at radius 2 is 2.04 bits per heavy atom. The van der Waals surface area contributed by atoms with Crippen LogP contribution < -0.4 is 14.8 Å². The zero-order valence-electron chi connectivity index (χ0n) is 14.7. The third-order valence-corrected chi connectivity index (χ3v) is 5.11. The third kappa shape index (κ3) is 4.64. The van der Waals surface area contributed by atoms with Crippen LogP contribution in [0.5, 0.6) is 17.2 Å². The summed E-state index contributed by atoms with van der Waals surface area (Å²) in [6.45, 7) is 2.53. The topological polar surface area (TPSA) is 80.2 Å². The molecule has 0 aliphatic carbocycles. The summed E-state index contributed by atoms with van der Waals surface area (Å²) in [6.07, 6.45) is 1.72. The molecular weight excluding hydrogens is 432 g/mol. The number of amidine groups is 1. The molecule has 6 nitrogen and oxygen atoms in total. The fourth-order valence-corrected chi connectivity index (χ4v) is 3.67. The SMILES string of the molecule is CCOc1ccc(N=C2NC(=O)/C(=C/c3cc(Br)c(O)c(OC)c3)S2)cc1. The maximum atomic E-state index is 12.2. The van der Waals surface area contributed by atoms with Crippen LogP contribution in [0.2, 0.25) is 0 Å². The van der Waals surface area contributed by atoms with Crippen molar-refractivity contribution in [3.8, 4) is 17.2 Å². The smallest absolute Gasteiger partial charge is 0.264 e. The van der Waals surface area contributed by atoms with Crippen molar-refractivity contribution in [1.29, 1.82) is 0 Å². The van der Waals surface area contributed by atoms with Crippen molar-refractivity contribution in [3.05, 3.63) is 51.3 Å². The van der Waals surface area contributed by atoms with Crippen LogP contribution in [0.25, 0.3) is 6.08 Å². The monoisotopic (exact) mass is 448 g/mol. The fourth-order valence-electron chi connectivity index (χ4n) is 2.37. The molecule has 0 saturated carbocycles. The van der Waals surface area contributed by atoms with E-state index in [0.29, 0.717) is 26.9 Å². The summed E-state index contributed by atoms with van der Waals surface area (Å²) in [5, 5.41) is 13.1. The molecule has 2 N–H and O–H groups in total. The molecule has 1 fully saturated rings. The van der Waals surface area contributed by atoms with E-state index in [-0.39, 0.29) is 11.7 Å². The van der Waals surface area contributed by atoms with Gasteiger partial charge < -0.3 is 19.9 Å². The zero-order chi connectivity index (χ0) is 19.4. The van der Waals surface area contributed by atoms with Crippen molar-refractivity contribution in [2.45, 2.75) is 6.92 Å². The molecule has 0 spiro atoms. The highest BCUT2D eigenvalue weighted by Gasteiger charge is 2.24.